The molecule has 1 aromatic heterocycles. The fourth-order valence-corrected chi connectivity index (χ4v) is 3.05. The summed E-state index contributed by atoms with van der Waals surface area (Å²) in [5.74, 6) is 5.16. The van der Waals surface area contributed by atoms with E-state index in [0.717, 1.165) is 4.47 Å². The minimum absolute atomic E-state index is 0.148. The summed E-state index contributed by atoms with van der Waals surface area (Å²) in [6.45, 7) is 1.56. The first-order valence-corrected chi connectivity index (χ1v) is 8.34. The summed E-state index contributed by atoms with van der Waals surface area (Å²) < 4.78 is 7.97. The zero-order valence-corrected chi connectivity index (χ0v) is 15.0. The van der Waals surface area contributed by atoms with Gasteiger partial charge in [-0.1, -0.05) is 34.1 Å². The van der Waals surface area contributed by atoms with Crippen molar-refractivity contribution in [1.29, 1.82) is 0 Å². The van der Waals surface area contributed by atoms with Crippen molar-refractivity contribution in [3.05, 3.63) is 64.3 Å². The smallest absolute Gasteiger partial charge is 0.269 e. The lowest BCUT2D eigenvalue weighted by Gasteiger charge is -2.09. The molecule has 3 aromatic rings. The zero-order valence-electron chi connectivity index (χ0n) is 13.5. The molecule has 0 radical (unpaired) electrons. The van der Waals surface area contributed by atoms with Crippen LogP contribution in [0.4, 0.5) is 0 Å². The van der Waals surface area contributed by atoms with Gasteiger partial charge in [0.15, 0.2) is 6.61 Å². The molecule has 0 aliphatic carbocycles. The number of ether oxygens (including phenoxy) is 1. The molecule has 0 spiro atoms. The Morgan fingerprint density at radius 1 is 1.16 bits per heavy atom. The quantitative estimate of drug-likeness (QED) is 0.399. The number of hydrazine groups is 1. The predicted molar refractivity (Wildman–Crippen MR) is 98.6 cm³/mol. The maximum atomic E-state index is 12.7. The highest BCUT2D eigenvalue weighted by Crippen LogP contribution is 2.26. The molecule has 3 rings (SSSR count). The van der Waals surface area contributed by atoms with Gasteiger partial charge in [-0.25, -0.2) is 5.84 Å². The Balaban J connectivity index is 1.94. The summed E-state index contributed by atoms with van der Waals surface area (Å²) in [6, 6.07) is 14.4. The van der Waals surface area contributed by atoms with Crippen molar-refractivity contribution >= 4 is 38.6 Å². The molecule has 7 heteroatoms. The summed E-state index contributed by atoms with van der Waals surface area (Å²) in [6.07, 6.45) is 0. The SMILES string of the molecule is Cc1c(C(=O)NN)c2ccccc2n1C(=O)COc1ccc(Br)cc1. The largest absolute Gasteiger partial charge is 0.484 e. The average molecular weight is 402 g/mol. The number of nitrogens with one attached hydrogen (secondary N) is 1. The number of hydrogen-bond acceptors (Lipinski definition) is 4. The van der Waals surface area contributed by atoms with E-state index in [1.807, 2.05) is 24.3 Å². The van der Waals surface area contributed by atoms with Gasteiger partial charge in [-0.05, 0) is 37.3 Å². The highest BCUT2D eigenvalue weighted by Gasteiger charge is 2.22. The molecule has 0 saturated carbocycles. The first-order chi connectivity index (χ1) is 12.0. The van der Waals surface area contributed by atoms with Gasteiger partial charge in [0.25, 0.3) is 11.8 Å². The van der Waals surface area contributed by atoms with E-state index in [1.165, 1.54) is 4.57 Å². The van der Waals surface area contributed by atoms with Crippen LogP contribution in [-0.2, 0) is 0 Å². The maximum absolute atomic E-state index is 12.7. The summed E-state index contributed by atoms with van der Waals surface area (Å²) in [4.78, 5) is 24.8. The van der Waals surface area contributed by atoms with Crippen LogP contribution in [0.25, 0.3) is 10.9 Å². The number of amides is 1. The van der Waals surface area contributed by atoms with Gasteiger partial charge >= 0.3 is 0 Å². The molecular weight excluding hydrogens is 386 g/mol. The Kier molecular flexibility index (Phi) is 4.87. The van der Waals surface area contributed by atoms with Crippen LogP contribution in [0.1, 0.15) is 20.8 Å². The van der Waals surface area contributed by atoms with Crippen LogP contribution in [0.2, 0.25) is 0 Å². The van der Waals surface area contributed by atoms with Crippen LogP contribution in [0, 0.1) is 6.92 Å². The summed E-state index contributed by atoms with van der Waals surface area (Å²) in [5.41, 5.74) is 3.68. The van der Waals surface area contributed by atoms with E-state index in [0.29, 0.717) is 27.9 Å². The molecule has 0 atom stereocenters. The Morgan fingerprint density at radius 2 is 1.84 bits per heavy atom. The predicted octanol–water partition coefficient (Wildman–Crippen LogP) is 3.03. The van der Waals surface area contributed by atoms with Crippen molar-refractivity contribution in [3.8, 4) is 5.75 Å². The number of nitrogens with two attached hydrogens (primary N) is 1. The fraction of sp³-hybridized carbons (Fsp3) is 0.111. The molecule has 0 aliphatic heterocycles. The number of fused-ring (bicyclic) bond motifs is 1. The van der Waals surface area contributed by atoms with Crippen molar-refractivity contribution in [1.82, 2.24) is 9.99 Å². The van der Waals surface area contributed by atoms with Crippen LogP contribution < -0.4 is 16.0 Å². The lowest BCUT2D eigenvalue weighted by Crippen LogP contribution is -2.30. The Morgan fingerprint density at radius 3 is 2.52 bits per heavy atom. The third-order valence-electron chi connectivity index (χ3n) is 3.90. The van der Waals surface area contributed by atoms with Crippen LogP contribution in [-0.4, -0.2) is 23.0 Å². The molecule has 1 amide bonds. The lowest BCUT2D eigenvalue weighted by molar-refractivity contribution is 0.0841. The van der Waals surface area contributed by atoms with E-state index in [1.54, 1.807) is 31.2 Å². The molecule has 1 heterocycles. The Bertz CT molecular complexity index is 948. The van der Waals surface area contributed by atoms with Gasteiger partial charge in [0.1, 0.15) is 5.75 Å². The van der Waals surface area contributed by atoms with Gasteiger partial charge < -0.3 is 4.74 Å². The number of para-hydroxylation sites is 1. The minimum atomic E-state index is -0.436. The molecule has 0 unspecified atom stereocenters. The number of benzene rings is 2. The van der Waals surface area contributed by atoms with Gasteiger partial charge in [0.2, 0.25) is 0 Å². The number of hydrogen-bond donors (Lipinski definition) is 2. The van der Waals surface area contributed by atoms with Gasteiger partial charge in [-0.15, -0.1) is 0 Å². The van der Waals surface area contributed by atoms with Crippen molar-refractivity contribution in [2.24, 2.45) is 5.84 Å². The van der Waals surface area contributed by atoms with Crippen LogP contribution in [0.5, 0.6) is 5.75 Å². The van der Waals surface area contributed by atoms with Crippen molar-refractivity contribution in [3.63, 3.8) is 0 Å². The van der Waals surface area contributed by atoms with E-state index < -0.39 is 5.91 Å². The maximum Gasteiger partial charge on any atom is 0.269 e. The Hall–Kier alpha value is -2.64. The van der Waals surface area contributed by atoms with E-state index in [9.17, 15) is 9.59 Å². The average Bonchev–Trinajstić information content (AvgIpc) is 2.92. The number of carbonyl (C=O) groups excluding carboxylic acids is 2. The molecule has 128 valence electrons. The third kappa shape index (κ3) is 3.29. The summed E-state index contributed by atoms with van der Waals surface area (Å²) in [7, 11) is 0. The number of nitrogen functional groups attached to an aromatic ring is 1. The second-order valence-electron chi connectivity index (χ2n) is 5.42. The molecule has 0 bridgehead atoms. The van der Waals surface area contributed by atoms with Gasteiger partial charge in [0.05, 0.1) is 11.1 Å². The normalized spacial score (nSPS) is 10.7. The van der Waals surface area contributed by atoms with Gasteiger partial charge in [0, 0.05) is 15.6 Å². The first kappa shape index (κ1) is 17.2. The fourth-order valence-electron chi connectivity index (χ4n) is 2.79. The topological polar surface area (TPSA) is 86.4 Å². The van der Waals surface area contributed by atoms with Crippen molar-refractivity contribution < 1.29 is 14.3 Å². The van der Waals surface area contributed by atoms with E-state index >= 15 is 0 Å². The van der Waals surface area contributed by atoms with Crippen LogP contribution in [0.3, 0.4) is 0 Å². The molecular formula is C18H16BrN3O3. The molecule has 3 N–H and O–H groups in total. The number of carbonyl (C=O) groups is 2. The first-order valence-electron chi connectivity index (χ1n) is 7.55. The van der Waals surface area contributed by atoms with Crippen LogP contribution >= 0.6 is 15.9 Å². The third-order valence-corrected chi connectivity index (χ3v) is 4.42. The van der Waals surface area contributed by atoms with Crippen LogP contribution in [0.15, 0.2) is 53.0 Å². The monoisotopic (exact) mass is 401 g/mol. The number of halogens is 1. The number of rotatable bonds is 4. The molecule has 0 saturated heterocycles. The molecule has 0 aliphatic rings. The number of nitrogens with zero attached hydrogens (tertiary/aromatic N) is 1. The standard InChI is InChI=1S/C18H16BrN3O3/c1-11-17(18(24)21-20)14-4-2-3-5-15(14)22(11)16(23)10-25-13-8-6-12(19)7-9-13/h2-9H,10,20H2,1H3,(H,21,24). The summed E-state index contributed by atoms with van der Waals surface area (Å²) >= 11 is 3.35. The van der Waals surface area contributed by atoms with Crippen molar-refractivity contribution in [2.75, 3.05) is 6.61 Å². The highest BCUT2D eigenvalue weighted by molar-refractivity contribution is 9.10. The van der Waals surface area contributed by atoms with E-state index in [-0.39, 0.29) is 12.5 Å². The van der Waals surface area contributed by atoms with Gasteiger partial charge in [-0.2, -0.15) is 0 Å². The Labute approximate surface area is 152 Å². The lowest BCUT2D eigenvalue weighted by atomic mass is 10.1. The van der Waals surface area contributed by atoms with E-state index in [2.05, 4.69) is 21.4 Å². The molecule has 6 nitrogen and oxygen atoms in total. The van der Waals surface area contributed by atoms with Gasteiger partial charge in [-0.3, -0.25) is 19.6 Å². The zero-order chi connectivity index (χ0) is 18.0. The van der Waals surface area contributed by atoms with Crippen molar-refractivity contribution in [2.45, 2.75) is 6.92 Å². The molecule has 0 fully saturated rings. The summed E-state index contributed by atoms with van der Waals surface area (Å²) in [5, 5.41) is 0.667. The second-order valence-corrected chi connectivity index (χ2v) is 6.34. The van der Waals surface area contributed by atoms with E-state index in [4.69, 9.17) is 10.6 Å². The number of aromatic nitrogens is 1. The molecule has 25 heavy (non-hydrogen) atoms. The molecule has 2 aromatic carbocycles. The second kappa shape index (κ2) is 7.08. The minimum Gasteiger partial charge on any atom is -0.484 e. The highest BCUT2D eigenvalue weighted by atomic mass is 79.9.